The molecular weight excluding hydrogens is 610 g/mol. The minimum absolute atomic E-state index is 0.0254. The van der Waals surface area contributed by atoms with Crippen molar-refractivity contribution >= 4 is 39.0 Å². The number of carbonyl (C=O) groups excluding carboxylic acids is 2. The monoisotopic (exact) mass is 653 g/mol. The average Bonchev–Trinajstić information content (AvgIpc) is 3.81. The predicted molar refractivity (Wildman–Crippen MR) is 178 cm³/mol. The quantitative estimate of drug-likeness (QED) is 0.361. The van der Waals surface area contributed by atoms with E-state index in [2.05, 4.69) is 38.3 Å². The lowest BCUT2D eigenvalue weighted by atomic mass is 9.70. The van der Waals surface area contributed by atoms with Crippen LogP contribution in [0.1, 0.15) is 79.3 Å². The highest BCUT2D eigenvalue weighted by Gasteiger charge is 2.38. The van der Waals surface area contributed by atoms with Crippen LogP contribution >= 0.6 is 11.6 Å². The lowest BCUT2D eigenvalue weighted by molar-refractivity contribution is -0.119. The molecule has 0 radical (unpaired) electrons. The van der Waals surface area contributed by atoms with Crippen molar-refractivity contribution in [3.05, 3.63) is 70.3 Å². The molecule has 1 unspecified atom stereocenters. The second kappa shape index (κ2) is 14.3. The molecule has 45 heavy (non-hydrogen) atoms. The number of hydrogen-bond donors (Lipinski definition) is 1. The number of allylic oxidation sites excluding steroid dienone is 1. The van der Waals surface area contributed by atoms with E-state index < -0.39 is 15.8 Å². The summed E-state index contributed by atoms with van der Waals surface area (Å²) in [6.07, 6.45) is 12.6. The molecule has 2 saturated carbocycles. The van der Waals surface area contributed by atoms with E-state index in [0.29, 0.717) is 61.5 Å². The molecule has 2 aliphatic heterocycles. The zero-order valence-corrected chi connectivity index (χ0v) is 27.6. The van der Waals surface area contributed by atoms with Crippen molar-refractivity contribution in [1.82, 2.24) is 4.72 Å². The fourth-order valence-electron chi connectivity index (χ4n) is 6.72. The normalized spacial score (nSPS) is 28.2. The Labute approximate surface area is 272 Å². The maximum atomic E-state index is 14.0. The van der Waals surface area contributed by atoms with Gasteiger partial charge in [-0.2, -0.15) is 0 Å². The molecule has 10 heteroatoms. The first-order chi connectivity index (χ1) is 21.8. The summed E-state index contributed by atoms with van der Waals surface area (Å²) in [7, 11) is -1.55. The molecule has 2 heterocycles. The lowest BCUT2D eigenvalue weighted by Gasteiger charge is -2.43. The highest BCUT2D eigenvalue weighted by atomic mass is 35.5. The topological polar surface area (TPSA) is 97.3 Å². The number of halogens is 1. The van der Waals surface area contributed by atoms with Crippen molar-refractivity contribution in [3.8, 4) is 5.75 Å². The number of amides is 2. The van der Waals surface area contributed by atoms with Gasteiger partial charge in [-0.05, 0) is 117 Å². The number of nitrogens with one attached hydrogen (secondary N) is 1. The van der Waals surface area contributed by atoms with Gasteiger partial charge in [-0.25, -0.2) is 4.21 Å². The van der Waals surface area contributed by atoms with Crippen LogP contribution in [0.4, 0.5) is 5.69 Å². The fourth-order valence-corrected chi connectivity index (χ4v) is 8.53. The van der Waals surface area contributed by atoms with E-state index >= 15 is 0 Å². The minimum Gasteiger partial charge on any atom is -0.491 e. The van der Waals surface area contributed by atoms with E-state index in [0.717, 1.165) is 62.2 Å². The molecule has 242 valence electrons. The van der Waals surface area contributed by atoms with Gasteiger partial charge in [0.1, 0.15) is 15.7 Å². The molecule has 1 N–H and O–H groups in total. The molecule has 0 saturated heterocycles. The maximum Gasteiger partial charge on any atom is 0.286 e. The molecule has 2 fully saturated rings. The summed E-state index contributed by atoms with van der Waals surface area (Å²) in [5, 5.41) is 0.726. The van der Waals surface area contributed by atoms with E-state index in [-0.39, 0.29) is 17.8 Å². The zero-order valence-electron chi connectivity index (χ0n) is 26.0. The summed E-state index contributed by atoms with van der Waals surface area (Å²) in [6, 6.07) is 11.5. The third-order valence-electron chi connectivity index (χ3n) is 9.59. The number of ether oxygens (including phenoxy) is 2. The molecule has 4 atom stereocenters. The van der Waals surface area contributed by atoms with Crippen LogP contribution in [0.2, 0.25) is 5.02 Å². The van der Waals surface area contributed by atoms with Gasteiger partial charge in [-0.15, -0.1) is 4.36 Å². The molecule has 2 amide bonds. The molecule has 0 aromatic heterocycles. The van der Waals surface area contributed by atoms with E-state index in [4.69, 9.17) is 21.1 Å². The van der Waals surface area contributed by atoms with Gasteiger partial charge in [0, 0.05) is 37.2 Å². The SMILES string of the molecule is CO[C@H]1/C=C/CCCS(=O)(NC(=O)CC2CC2)=NC(=O)c2ccc3c(c2)N(Cc2ccc(Cl)cc2CCCCO3)C[C@@H]2CC[C@H]21. The number of carbonyl (C=O) groups is 2. The Hall–Kier alpha value is -2.88. The standard InChI is InChI=1S/C35H44ClN3O5S/c1-43-32-8-3-2-6-18-45(42,37-34(40)19-24-9-10-24)38-35(41)26-13-16-33-31(21-26)39(23-28-12-15-30(28)32)22-27-11-14-29(36)20-25(27)7-4-5-17-44-33/h3,8,11,13-14,16,20-21,24,28,30,32H,2,4-7,9-10,12,15,17-19,22-23H2,1H3,(H,37,38,40,41,42)/b8-3+/t28-,30+,32-,45?/m0/s1. The largest absolute Gasteiger partial charge is 0.491 e. The summed E-state index contributed by atoms with van der Waals surface area (Å²) in [6.45, 7) is 1.94. The van der Waals surface area contributed by atoms with Gasteiger partial charge < -0.3 is 14.4 Å². The fraction of sp³-hybridized carbons (Fsp3) is 0.543. The Bertz CT molecular complexity index is 1560. The average molecular weight is 654 g/mol. The third kappa shape index (κ3) is 8.10. The number of benzene rings is 2. The summed E-state index contributed by atoms with van der Waals surface area (Å²) < 4.78 is 33.2. The molecule has 0 spiro atoms. The number of rotatable bonds is 4. The Morgan fingerprint density at radius 1 is 1.11 bits per heavy atom. The Morgan fingerprint density at radius 2 is 1.98 bits per heavy atom. The second-order valence-corrected chi connectivity index (χ2v) is 15.5. The van der Waals surface area contributed by atoms with Gasteiger partial charge in [0.05, 0.1) is 24.2 Å². The number of nitrogens with zero attached hydrogens (tertiary/aromatic N) is 2. The van der Waals surface area contributed by atoms with Crippen LogP contribution < -0.4 is 14.4 Å². The van der Waals surface area contributed by atoms with Crippen molar-refractivity contribution in [1.29, 1.82) is 0 Å². The number of fused-ring (bicyclic) bond motifs is 3. The first-order valence-electron chi connectivity index (χ1n) is 16.4. The highest BCUT2D eigenvalue weighted by molar-refractivity contribution is 7.92. The van der Waals surface area contributed by atoms with Gasteiger partial charge in [0.2, 0.25) is 5.91 Å². The van der Waals surface area contributed by atoms with Crippen LogP contribution in [0.5, 0.6) is 5.75 Å². The van der Waals surface area contributed by atoms with E-state index in [1.807, 2.05) is 18.2 Å². The minimum atomic E-state index is -3.31. The zero-order chi connectivity index (χ0) is 31.4. The molecule has 8 nitrogen and oxygen atoms in total. The number of hydrogen-bond acceptors (Lipinski definition) is 6. The maximum absolute atomic E-state index is 14.0. The first kappa shape index (κ1) is 32.1. The Morgan fingerprint density at radius 3 is 2.76 bits per heavy atom. The van der Waals surface area contributed by atoms with Gasteiger partial charge >= 0.3 is 0 Å². The van der Waals surface area contributed by atoms with Gasteiger partial charge in [-0.3, -0.25) is 14.3 Å². The van der Waals surface area contributed by atoms with E-state index in [1.54, 1.807) is 13.2 Å². The van der Waals surface area contributed by atoms with Crippen LogP contribution in [0, 0.1) is 17.8 Å². The molecule has 6 rings (SSSR count). The van der Waals surface area contributed by atoms with Crippen LogP contribution in [0.25, 0.3) is 0 Å². The van der Waals surface area contributed by atoms with Crippen molar-refractivity contribution in [2.75, 3.05) is 30.9 Å². The Balaban J connectivity index is 1.42. The molecule has 2 aromatic rings. The van der Waals surface area contributed by atoms with Crippen LogP contribution in [-0.2, 0) is 32.4 Å². The van der Waals surface area contributed by atoms with Crippen molar-refractivity contribution < 1.29 is 23.3 Å². The molecule has 2 bridgehead atoms. The van der Waals surface area contributed by atoms with E-state index in [1.165, 1.54) is 11.1 Å². The molecule has 2 aromatic carbocycles. The first-order valence-corrected chi connectivity index (χ1v) is 18.4. The second-order valence-electron chi connectivity index (χ2n) is 13.0. The highest BCUT2D eigenvalue weighted by Crippen LogP contribution is 2.42. The summed E-state index contributed by atoms with van der Waals surface area (Å²) >= 11 is 6.44. The number of aryl methyl sites for hydroxylation is 1. The number of anilines is 1. The van der Waals surface area contributed by atoms with Crippen molar-refractivity contribution in [2.45, 2.75) is 76.9 Å². The molecular formula is C35H44ClN3O5S. The summed E-state index contributed by atoms with van der Waals surface area (Å²) in [5.74, 6) is 0.990. The number of methoxy groups -OCH3 is 1. The van der Waals surface area contributed by atoms with Crippen LogP contribution in [0.15, 0.2) is 52.9 Å². The molecule has 2 aliphatic carbocycles. The van der Waals surface area contributed by atoms with Gasteiger partial charge in [0.15, 0.2) is 0 Å². The van der Waals surface area contributed by atoms with Crippen LogP contribution in [0.3, 0.4) is 0 Å². The van der Waals surface area contributed by atoms with Crippen LogP contribution in [-0.4, -0.2) is 48.1 Å². The molecule has 4 aliphatic rings. The third-order valence-corrected chi connectivity index (χ3v) is 11.7. The lowest BCUT2D eigenvalue weighted by Crippen LogP contribution is -2.43. The van der Waals surface area contributed by atoms with Crippen molar-refractivity contribution in [2.24, 2.45) is 22.1 Å². The van der Waals surface area contributed by atoms with Gasteiger partial charge in [0.25, 0.3) is 5.91 Å². The Kier molecular flexibility index (Phi) is 10.2. The van der Waals surface area contributed by atoms with Gasteiger partial charge in [-0.1, -0.05) is 29.8 Å². The summed E-state index contributed by atoms with van der Waals surface area (Å²) in [5.41, 5.74) is 3.56. The predicted octanol–water partition coefficient (Wildman–Crippen LogP) is 6.89. The smallest absolute Gasteiger partial charge is 0.286 e. The summed E-state index contributed by atoms with van der Waals surface area (Å²) in [4.78, 5) is 28.8. The van der Waals surface area contributed by atoms with E-state index in [9.17, 15) is 13.8 Å². The van der Waals surface area contributed by atoms with Crippen molar-refractivity contribution in [3.63, 3.8) is 0 Å².